The lowest BCUT2D eigenvalue weighted by Crippen LogP contribution is -2.35. The van der Waals surface area contributed by atoms with E-state index in [1.54, 1.807) is 13.2 Å². The Bertz CT molecular complexity index is 716. The SMILES string of the molecule is CCCOc1ccccc1C(=O)NCC(c1ccccc1OC)N(C)C. The number of nitrogens with zero attached hydrogens (tertiary/aromatic N) is 1. The number of likely N-dealkylation sites (N-methyl/N-ethyl adjacent to an activating group) is 1. The number of hydrogen-bond acceptors (Lipinski definition) is 4. The van der Waals surface area contributed by atoms with E-state index in [1.807, 2.05) is 63.5 Å². The molecule has 1 atom stereocenters. The highest BCUT2D eigenvalue weighted by atomic mass is 16.5. The van der Waals surface area contributed by atoms with Gasteiger partial charge in [0.15, 0.2) is 0 Å². The van der Waals surface area contributed by atoms with Gasteiger partial charge in [0.2, 0.25) is 0 Å². The van der Waals surface area contributed by atoms with E-state index in [4.69, 9.17) is 9.47 Å². The van der Waals surface area contributed by atoms with Crippen molar-refractivity contribution in [2.24, 2.45) is 0 Å². The maximum Gasteiger partial charge on any atom is 0.255 e. The number of benzene rings is 2. The van der Waals surface area contributed by atoms with Gasteiger partial charge in [0, 0.05) is 12.1 Å². The average Bonchev–Trinajstić information content (AvgIpc) is 2.66. The molecule has 2 aromatic carbocycles. The summed E-state index contributed by atoms with van der Waals surface area (Å²) in [5.74, 6) is 1.29. The Balaban J connectivity index is 2.13. The first kappa shape index (κ1) is 19.8. The minimum Gasteiger partial charge on any atom is -0.496 e. The lowest BCUT2D eigenvalue weighted by atomic mass is 10.0. The number of nitrogens with one attached hydrogen (secondary N) is 1. The van der Waals surface area contributed by atoms with Crippen molar-refractivity contribution in [2.75, 3.05) is 34.4 Å². The van der Waals surface area contributed by atoms with Crippen LogP contribution in [0, 0.1) is 0 Å². The van der Waals surface area contributed by atoms with Gasteiger partial charge in [-0.2, -0.15) is 0 Å². The van der Waals surface area contributed by atoms with Crippen molar-refractivity contribution in [3.63, 3.8) is 0 Å². The Labute approximate surface area is 155 Å². The quantitative estimate of drug-likeness (QED) is 0.747. The molecule has 0 heterocycles. The maximum atomic E-state index is 12.7. The van der Waals surface area contributed by atoms with Crippen molar-refractivity contribution in [1.82, 2.24) is 10.2 Å². The van der Waals surface area contributed by atoms with Gasteiger partial charge in [-0.25, -0.2) is 0 Å². The highest BCUT2D eigenvalue weighted by molar-refractivity contribution is 5.96. The smallest absolute Gasteiger partial charge is 0.255 e. The average molecular weight is 356 g/mol. The van der Waals surface area contributed by atoms with Crippen LogP contribution < -0.4 is 14.8 Å². The molecule has 2 rings (SSSR count). The zero-order valence-corrected chi connectivity index (χ0v) is 16.0. The Morgan fingerprint density at radius 2 is 1.73 bits per heavy atom. The van der Waals surface area contributed by atoms with Crippen molar-refractivity contribution in [3.8, 4) is 11.5 Å². The summed E-state index contributed by atoms with van der Waals surface area (Å²) in [4.78, 5) is 14.8. The lowest BCUT2D eigenvalue weighted by Gasteiger charge is -2.26. The maximum absolute atomic E-state index is 12.7. The molecule has 5 nitrogen and oxygen atoms in total. The molecule has 0 saturated carbocycles. The second-order valence-electron chi connectivity index (χ2n) is 6.28. The van der Waals surface area contributed by atoms with Gasteiger partial charge in [-0.15, -0.1) is 0 Å². The van der Waals surface area contributed by atoms with Crippen molar-refractivity contribution < 1.29 is 14.3 Å². The van der Waals surface area contributed by atoms with Gasteiger partial charge in [-0.1, -0.05) is 37.3 Å². The number of para-hydroxylation sites is 2. The molecule has 0 radical (unpaired) electrons. The fraction of sp³-hybridized carbons (Fsp3) is 0.381. The van der Waals surface area contributed by atoms with Crippen LogP contribution in [0.4, 0.5) is 0 Å². The van der Waals surface area contributed by atoms with Gasteiger partial charge in [0.05, 0.1) is 25.3 Å². The van der Waals surface area contributed by atoms with Gasteiger partial charge in [0.25, 0.3) is 5.91 Å². The van der Waals surface area contributed by atoms with Crippen LogP contribution in [0.25, 0.3) is 0 Å². The molecule has 5 heteroatoms. The summed E-state index contributed by atoms with van der Waals surface area (Å²) >= 11 is 0. The number of carbonyl (C=O) groups is 1. The summed E-state index contributed by atoms with van der Waals surface area (Å²) < 4.78 is 11.2. The van der Waals surface area contributed by atoms with Crippen LogP contribution in [-0.4, -0.2) is 45.2 Å². The molecule has 0 aliphatic heterocycles. The number of hydrogen-bond donors (Lipinski definition) is 1. The first-order valence-corrected chi connectivity index (χ1v) is 8.87. The monoisotopic (exact) mass is 356 g/mol. The summed E-state index contributed by atoms with van der Waals surface area (Å²) in [5.41, 5.74) is 1.59. The molecule has 1 N–H and O–H groups in total. The number of methoxy groups -OCH3 is 1. The van der Waals surface area contributed by atoms with Gasteiger partial charge < -0.3 is 19.7 Å². The Morgan fingerprint density at radius 3 is 2.38 bits per heavy atom. The van der Waals surface area contributed by atoms with Crippen molar-refractivity contribution in [1.29, 1.82) is 0 Å². The lowest BCUT2D eigenvalue weighted by molar-refractivity contribution is 0.0937. The van der Waals surface area contributed by atoms with Crippen LogP contribution in [0.1, 0.15) is 35.3 Å². The van der Waals surface area contributed by atoms with Gasteiger partial charge in [-0.3, -0.25) is 4.79 Å². The normalized spacial score (nSPS) is 11.9. The summed E-state index contributed by atoms with van der Waals surface area (Å²) in [6, 6.07) is 15.2. The molecule has 0 aliphatic carbocycles. The van der Waals surface area contributed by atoms with Gasteiger partial charge >= 0.3 is 0 Å². The molecule has 0 aromatic heterocycles. The summed E-state index contributed by atoms with van der Waals surface area (Å²) in [7, 11) is 5.63. The van der Waals surface area contributed by atoms with E-state index < -0.39 is 0 Å². The van der Waals surface area contributed by atoms with E-state index in [9.17, 15) is 4.79 Å². The molecule has 1 unspecified atom stereocenters. The fourth-order valence-corrected chi connectivity index (χ4v) is 2.79. The molecule has 140 valence electrons. The minimum atomic E-state index is -0.140. The van der Waals surface area contributed by atoms with E-state index >= 15 is 0 Å². The Hall–Kier alpha value is -2.53. The van der Waals surface area contributed by atoms with E-state index in [0.717, 1.165) is 17.7 Å². The van der Waals surface area contributed by atoms with Crippen LogP contribution in [0.2, 0.25) is 0 Å². The van der Waals surface area contributed by atoms with E-state index in [1.165, 1.54) is 0 Å². The van der Waals surface area contributed by atoms with Crippen LogP contribution in [0.5, 0.6) is 11.5 Å². The highest BCUT2D eigenvalue weighted by Crippen LogP contribution is 2.27. The third kappa shape index (κ3) is 4.99. The van der Waals surface area contributed by atoms with Gasteiger partial charge in [-0.05, 0) is 38.7 Å². The molecule has 2 aromatic rings. The number of carbonyl (C=O) groups excluding carboxylic acids is 1. The summed E-state index contributed by atoms with van der Waals surface area (Å²) in [6.45, 7) is 3.10. The summed E-state index contributed by atoms with van der Waals surface area (Å²) in [6.07, 6.45) is 0.895. The Morgan fingerprint density at radius 1 is 1.08 bits per heavy atom. The van der Waals surface area contributed by atoms with Crippen LogP contribution >= 0.6 is 0 Å². The topological polar surface area (TPSA) is 50.8 Å². The van der Waals surface area contributed by atoms with E-state index in [-0.39, 0.29) is 11.9 Å². The second kappa shape index (κ2) is 9.82. The summed E-state index contributed by atoms with van der Waals surface area (Å²) in [5, 5.41) is 3.03. The third-order valence-corrected chi connectivity index (χ3v) is 4.17. The first-order chi connectivity index (χ1) is 12.6. The predicted octanol–water partition coefficient (Wildman–Crippen LogP) is 3.52. The van der Waals surface area contributed by atoms with Gasteiger partial charge in [0.1, 0.15) is 11.5 Å². The number of ether oxygens (including phenoxy) is 2. The largest absolute Gasteiger partial charge is 0.496 e. The van der Waals surface area contributed by atoms with E-state index in [2.05, 4.69) is 10.2 Å². The van der Waals surface area contributed by atoms with Crippen LogP contribution in [0.15, 0.2) is 48.5 Å². The first-order valence-electron chi connectivity index (χ1n) is 8.87. The third-order valence-electron chi connectivity index (χ3n) is 4.17. The molecule has 0 bridgehead atoms. The standard InChI is InChI=1S/C21H28N2O3/c1-5-14-26-20-13-9-7-11-17(20)21(24)22-15-18(23(2)3)16-10-6-8-12-19(16)25-4/h6-13,18H,5,14-15H2,1-4H3,(H,22,24). The number of amides is 1. The molecule has 26 heavy (non-hydrogen) atoms. The number of rotatable bonds is 9. The van der Waals surface area contributed by atoms with Crippen LogP contribution in [0.3, 0.4) is 0 Å². The minimum absolute atomic E-state index is 0.00109. The molecule has 0 spiro atoms. The Kier molecular flexibility index (Phi) is 7.48. The molecule has 0 saturated heterocycles. The zero-order chi connectivity index (χ0) is 18.9. The van der Waals surface area contributed by atoms with Crippen molar-refractivity contribution in [3.05, 3.63) is 59.7 Å². The highest BCUT2D eigenvalue weighted by Gasteiger charge is 2.20. The molecule has 0 aliphatic rings. The fourth-order valence-electron chi connectivity index (χ4n) is 2.79. The molecule has 0 fully saturated rings. The van der Waals surface area contributed by atoms with Crippen LogP contribution in [-0.2, 0) is 0 Å². The van der Waals surface area contributed by atoms with Crippen molar-refractivity contribution in [2.45, 2.75) is 19.4 Å². The predicted molar refractivity (Wildman–Crippen MR) is 104 cm³/mol. The van der Waals surface area contributed by atoms with Crippen molar-refractivity contribution >= 4 is 5.91 Å². The second-order valence-corrected chi connectivity index (χ2v) is 6.28. The molecule has 1 amide bonds. The molecular weight excluding hydrogens is 328 g/mol. The van der Waals surface area contributed by atoms with E-state index in [0.29, 0.717) is 24.5 Å². The molecular formula is C21H28N2O3. The zero-order valence-electron chi connectivity index (χ0n) is 16.0.